The van der Waals surface area contributed by atoms with Gasteiger partial charge in [0.1, 0.15) is 0 Å². The summed E-state index contributed by atoms with van der Waals surface area (Å²) in [5, 5.41) is 16.9. The molecule has 0 aliphatic carbocycles. The number of thiazole rings is 1. The number of nitrogens with one attached hydrogen (secondary N) is 2. The Morgan fingerprint density at radius 1 is 1.39 bits per heavy atom. The lowest BCUT2D eigenvalue weighted by Crippen LogP contribution is -2.37. The van der Waals surface area contributed by atoms with Crippen LogP contribution in [0.1, 0.15) is 31.5 Å². The molecule has 0 aromatic carbocycles. The van der Waals surface area contributed by atoms with Crippen molar-refractivity contribution in [3.63, 3.8) is 0 Å². The van der Waals surface area contributed by atoms with Crippen LogP contribution >= 0.6 is 11.3 Å². The van der Waals surface area contributed by atoms with Gasteiger partial charge in [-0.05, 0) is 0 Å². The van der Waals surface area contributed by atoms with Crippen LogP contribution in [0.2, 0.25) is 0 Å². The van der Waals surface area contributed by atoms with E-state index in [4.69, 9.17) is 5.11 Å². The number of aliphatic hydroxyl groups is 1. The highest BCUT2D eigenvalue weighted by Crippen LogP contribution is 2.23. The summed E-state index contributed by atoms with van der Waals surface area (Å²) in [6, 6.07) is -0.253. The van der Waals surface area contributed by atoms with E-state index in [0.717, 1.165) is 17.1 Å². The fraction of sp³-hybridized carbons (Fsp3) is 0.667. The molecule has 0 spiro atoms. The van der Waals surface area contributed by atoms with Gasteiger partial charge in [0.25, 0.3) is 0 Å². The molecule has 2 amide bonds. The van der Waals surface area contributed by atoms with Gasteiger partial charge < -0.3 is 15.7 Å². The van der Waals surface area contributed by atoms with Crippen molar-refractivity contribution in [2.75, 3.05) is 19.7 Å². The van der Waals surface area contributed by atoms with Gasteiger partial charge >= 0.3 is 6.03 Å². The summed E-state index contributed by atoms with van der Waals surface area (Å²) in [4.78, 5) is 15.8. The number of rotatable bonds is 5. The van der Waals surface area contributed by atoms with Gasteiger partial charge in [0.2, 0.25) is 0 Å². The number of carbonyl (C=O) groups is 1. The second-order valence-electron chi connectivity index (χ2n) is 5.03. The summed E-state index contributed by atoms with van der Waals surface area (Å²) in [6.45, 7) is 7.17. The average Bonchev–Trinajstić information content (AvgIpc) is 2.74. The molecule has 102 valence electrons. The predicted molar refractivity (Wildman–Crippen MR) is 73.0 cm³/mol. The summed E-state index contributed by atoms with van der Waals surface area (Å²) >= 11 is 1.62. The van der Waals surface area contributed by atoms with Gasteiger partial charge in [-0.25, -0.2) is 9.78 Å². The van der Waals surface area contributed by atoms with Gasteiger partial charge in [-0.3, -0.25) is 0 Å². The van der Waals surface area contributed by atoms with E-state index in [1.165, 1.54) is 0 Å². The van der Waals surface area contributed by atoms with Gasteiger partial charge in [-0.15, -0.1) is 11.3 Å². The van der Waals surface area contributed by atoms with Crippen molar-refractivity contribution in [1.82, 2.24) is 15.6 Å². The SMILES string of the molecule is CC(C)(C)c1csc(CCNC(=O)NCCO)n1. The van der Waals surface area contributed by atoms with Crippen molar-refractivity contribution in [3.05, 3.63) is 16.1 Å². The number of hydrogen-bond acceptors (Lipinski definition) is 4. The second-order valence-corrected chi connectivity index (χ2v) is 5.98. The highest BCUT2D eigenvalue weighted by Gasteiger charge is 2.17. The van der Waals surface area contributed by atoms with Gasteiger partial charge in [0, 0.05) is 30.3 Å². The molecule has 0 atom stereocenters. The Hall–Kier alpha value is -1.14. The number of aromatic nitrogens is 1. The Morgan fingerprint density at radius 3 is 2.61 bits per heavy atom. The van der Waals surface area contributed by atoms with Crippen LogP contribution in [0.4, 0.5) is 4.79 Å². The van der Waals surface area contributed by atoms with E-state index in [1.807, 2.05) is 0 Å². The van der Waals surface area contributed by atoms with Gasteiger partial charge in [0.15, 0.2) is 0 Å². The minimum Gasteiger partial charge on any atom is -0.395 e. The first kappa shape index (κ1) is 14.9. The number of urea groups is 1. The fourth-order valence-corrected chi connectivity index (χ4v) is 2.31. The molecule has 0 aliphatic heterocycles. The largest absolute Gasteiger partial charge is 0.395 e. The first-order valence-electron chi connectivity index (χ1n) is 6.01. The van der Waals surface area contributed by atoms with E-state index < -0.39 is 0 Å². The minimum atomic E-state index is -0.253. The fourth-order valence-electron chi connectivity index (χ4n) is 1.29. The smallest absolute Gasteiger partial charge is 0.314 e. The molecule has 0 unspecified atom stereocenters. The van der Waals surface area contributed by atoms with Crippen LogP contribution in [0.3, 0.4) is 0 Å². The van der Waals surface area contributed by atoms with Gasteiger partial charge in [-0.2, -0.15) is 0 Å². The molecular weight excluding hydrogens is 250 g/mol. The van der Waals surface area contributed by atoms with Crippen molar-refractivity contribution < 1.29 is 9.90 Å². The normalized spacial score (nSPS) is 11.3. The summed E-state index contributed by atoms with van der Waals surface area (Å²) in [6.07, 6.45) is 0.729. The van der Waals surface area contributed by atoms with Crippen LogP contribution in [0, 0.1) is 0 Å². The maximum absolute atomic E-state index is 11.2. The Kier molecular flexibility index (Phi) is 5.55. The standard InChI is InChI=1S/C12H21N3O2S/c1-12(2,3)9-8-18-10(15-9)4-5-13-11(17)14-6-7-16/h8,16H,4-7H2,1-3H3,(H2,13,14,17). The lowest BCUT2D eigenvalue weighted by atomic mass is 9.93. The quantitative estimate of drug-likeness (QED) is 0.755. The van der Waals surface area contributed by atoms with Gasteiger partial charge in [0.05, 0.1) is 17.3 Å². The summed E-state index contributed by atoms with van der Waals surface area (Å²) in [5.41, 5.74) is 1.16. The maximum atomic E-state index is 11.2. The molecule has 1 rings (SSSR count). The van der Waals surface area contributed by atoms with Crippen LogP contribution in [0.15, 0.2) is 5.38 Å². The molecule has 3 N–H and O–H groups in total. The van der Waals surface area contributed by atoms with Crippen LogP contribution < -0.4 is 10.6 Å². The molecule has 1 aromatic heterocycles. The number of nitrogens with zero attached hydrogens (tertiary/aromatic N) is 1. The highest BCUT2D eigenvalue weighted by atomic mass is 32.1. The molecule has 0 saturated heterocycles. The molecule has 5 nitrogen and oxygen atoms in total. The number of amides is 2. The van der Waals surface area contributed by atoms with Crippen LogP contribution in [-0.4, -0.2) is 35.8 Å². The first-order valence-corrected chi connectivity index (χ1v) is 6.89. The van der Waals surface area contributed by atoms with E-state index in [2.05, 4.69) is 41.8 Å². The maximum Gasteiger partial charge on any atom is 0.314 e. The molecule has 1 aromatic rings. The molecule has 0 bridgehead atoms. The Morgan fingerprint density at radius 2 is 2.06 bits per heavy atom. The zero-order chi connectivity index (χ0) is 13.6. The molecule has 0 saturated carbocycles. The highest BCUT2D eigenvalue weighted by molar-refractivity contribution is 7.09. The zero-order valence-corrected chi connectivity index (χ0v) is 11.9. The average molecular weight is 271 g/mol. The predicted octanol–water partition coefficient (Wildman–Crippen LogP) is 1.27. The second kappa shape index (κ2) is 6.70. The third-order valence-corrected chi connectivity index (χ3v) is 3.25. The molecule has 1 heterocycles. The van der Waals surface area contributed by atoms with E-state index in [9.17, 15) is 4.79 Å². The van der Waals surface area contributed by atoms with Crippen LogP contribution in [0.25, 0.3) is 0 Å². The lowest BCUT2D eigenvalue weighted by molar-refractivity contribution is 0.234. The van der Waals surface area contributed by atoms with E-state index >= 15 is 0 Å². The van der Waals surface area contributed by atoms with Crippen molar-refractivity contribution in [1.29, 1.82) is 0 Å². The molecule has 0 aliphatic rings. The number of aliphatic hydroxyl groups excluding tert-OH is 1. The van der Waals surface area contributed by atoms with Crippen molar-refractivity contribution in [2.45, 2.75) is 32.6 Å². The minimum absolute atomic E-state index is 0.0468. The molecule has 0 radical (unpaired) electrons. The first-order chi connectivity index (χ1) is 8.43. The van der Waals surface area contributed by atoms with Gasteiger partial charge in [-0.1, -0.05) is 20.8 Å². The summed E-state index contributed by atoms with van der Waals surface area (Å²) in [7, 11) is 0. The zero-order valence-electron chi connectivity index (χ0n) is 11.1. The summed E-state index contributed by atoms with van der Waals surface area (Å²) < 4.78 is 0. The number of carbonyl (C=O) groups excluding carboxylic acids is 1. The summed E-state index contributed by atoms with van der Waals surface area (Å²) in [5.74, 6) is 0. The lowest BCUT2D eigenvalue weighted by Gasteiger charge is -2.14. The number of hydrogen-bond donors (Lipinski definition) is 3. The van der Waals surface area contributed by atoms with Crippen molar-refractivity contribution in [2.24, 2.45) is 0 Å². The van der Waals surface area contributed by atoms with Crippen LogP contribution in [0.5, 0.6) is 0 Å². The third-order valence-electron chi connectivity index (χ3n) is 2.34. The topological polar surface area (TPSA) is 74.2 Å². The Labute approximate surface area is 112 Å². The molecular formula is C12H21N3O2S. The molecule has 18 heavy (non-hydrogen) atoms. The van der Waals surface area contributed by atoms with E-state index in [0.29, 0.717) is 6.54 Å². The molecule has 0 fully saturated rings. The van der Waals surface area contributed by atoms with E-state index in [-0.39, 0.29) is 24.6 Å². The molecule has 6 heteroatoms. The monoisotopic (exact) mass is 271 g/mol. The van der Waals surface area contributed by atoms with E-state index in [1.54, 1.807) is 11.3 Å². The Balaban J connectivity index is 2.32. The van der Waals surface area contributed by atoms with Crippen LogP contribution in [-0.2, 0) is 11.8 Å². The van der Waals surface area contributed by atoms with Crippen molar-refractivity contribution in [3.8, 4) is 0 Å². The Bertz CT molecular complexity index is 385. The third kappa shape index (κ3) is 5.01. The van der Waals surface area contributed by atoms with Crippen molar-refractivity contribution >= 4 is 17.4 Å².